The van der Waals surface area contributed by atoms with Gasteiger partial charge in [0, 0.05) is 18.4 Å². The minimum atomic E-state index is 0.105. The van der Waals surface area contributed by atoms with Crippen LogP contribution in [0.15, 0.2) is 18.2 Å². The Labute approximate surface area is 174 Å². The number of likely N-dealkylation sites (tertiary alicyclic amines) is 1. The molecule has 2 N–H and O–H groups in total. The van der Waals surface area contributed by atoms with Crippen LogP contribution in [0.25, 0.3) is 0 Å². The summed E-state index contributed by atoms with van der Waals surface area (Å²) in [6, 6.07) is 6.31. The highest BCUT2D eigenvalue weighted by molar-refractivity contribution is 5.77. The lowest BCUT2D eigenvalue weighted by atomic mass is 9.53. The van der Waals surface area contributed by atoms with Gasteiger partial charge in [-0.15, -0.1) is 0 Å². The zero-order valence-electron chi connectivity index (χ0n) is 17.8. The highest BCUT2D eigenvalue weighted by Crippen LogP contribution is 2.55. The van der Waals surface area contributed by atoms with Crippen molar-refractivity contribution in [1.29, 1.82) is 0 Å². The number of rotatable bonds is 6. The summed E-state index contributed by atoms with van der Waals surface area (Å²) >= 11 is 0. The third-order valence-corrected chi connectivity index (χ3v) is 8.13. The molecule has 1 aromatic rings. The van der Waals surface area contributed by atoms with Crippen molar-refractivity contribution in [2.45, 2.75) is 62.9 Å². The summed E-state index contributed by atoms with van der Waals surface area (Å²) in [5.41, 5.74) is 1.27. The zero-order valence-corrected chi connectivity index (χ0v) is 17.8. The second-order valence-electron chi connectivity index (χ2n) is 10.1. The van der Waals surface area contributed by atoms with Crippen LogP contribution in [0.2, 0.25) is 0 Å². The number of methoxy groups -OCH3 is 2. The molecule has 6 rings (SSSR count). The number of quaternary nitrogens is 1. The molecule has 5 nitrogen and oxygen atoms in total. The third kappa shape index (κ3) is 3.63. The number of ether oxygens (including phenoxy) is 2. The summed E-state index contributed by atoms with van der Waals surface area (Å²) < 4.78 is 11.1. The van der Waals surface area contributed by atoms with Crippen LogP contribution in [-0.4, -0.2) is 38.8 Å². The topological polar surface area (TPSA) is 52.0 Å². The maximum Gasteiger partial charge on any atom is 0.275 e. The summed E-state index contributed by atoms with van der Waals surface area (Å²) in [6.07, 6.45) is 10.1. The van der Waals surface area contributed by atoms with E-state index < -0.39 is 0 Å². The Bertz CT molecular complexity index is 742. The maximum atomic E-state index is 13.2. The lowest BCUT2D eigenvalue weighted by molar-refractivity contribution is -0.910. The summed E-state index contributed by atoms with van der Waals surface area (Å²) in [4.78, 5) is 14.5. The van der Waals surface area contributed by atoms with E-state index >= 15 is 0 Å². The van der Waals surface area contributed by atoms with E-state index in [2.05, 4.69) is 11.4 Å². The van der Waals surface area contributed by atoms with E-state index in [1.165, 1.54) is 49.0 Å². The lowest BCUT2D eigenvalue weighted by Crippen LogP contribution is -3.11. The van der Waals surface area contributed by atoms with Gasteiger partial charge in [0.25, 0.3) is 5.91 Å². The van der Waals surface area contributed by atoms with E-state index in [1.807, 2.05) is 12.1 Å². The van der Waals surface area contributed by atoms with Crippen LogP contribution >= 0.6 is 0 Å². The van der Waals surface area contributed by atoms with Gasteiger partial charge in [0.1, 0.15) is 17.5 Å². The van der Waals surface area contributed by atoms with Gasteiger partial charge in [-0.2, -0.15) is 0 Å². The van der Waals surface area contributed by atoms with Crippen molar-refractivity contribution in [2.24, 2.45) is 17.8 Å². The quantitative estimate of drug-likeness (QED) is 0.773. The molecule has 1 amide bonds. The molecule has 1 unspecified atom stereocenters. The predicted octanol–water partition coefficient (Wildman–Crippen LogP) is 2.51. The Morgan fingerprint density at radius 3 is 2.41 bits per heavy atom. The molecular weight excluding hydrogens is 364 g/mol. The molecule has 4 bridgehead atoms. The molecule has 5 heteroatoms. The first-order valence-electron chi connectivity index (χ1n) is 11.4. The smallest absolute Gasteiger partial charge is 0.275 e. The molecule has 2 atom stereocenters. The molecular formula is C24H35N2O3+. The fourth-order valence-electron chi connectivity index (χ4n) is 7.42. The Kier molecular flexibility index (Phi) is 4.97. The molecule has 0 radical (unpaired) electrons. The fraction of sp³-hybridized carbons (Fsp3) is 0.708. The normalized spacial score (nSPS) is 37.5. The van der Waals surface area contributed by atoms with Crippen molar-refractivity contribution < 1.29 is 19.2 Å². The predicted molar refractivity (Wildman–Crippen MR) is 111 cm³/mol. The number of carbonyl (C=O) groups excluding carboxylic acids is 1. The molecule has 1 aliphatic heterocycles. The number of benzene rings is 1. The zero-order chi connectivity index (χ0) is 20.0. The summed E-state index contributed by atoms with van der Waals surface area (Å²) in [5, 5.41) is 3.56. The molecule has 4 saturated carbocycles. The third-order valence-electron chi connectivity index (χ3n) is 8.13. The van der Waals surface area contributed by atoms with E-state index in [-0.39, 0.29) is 11.4 Å². The number of nitrogens with one attached hydrogen (secondary N) is 2. The van der Waals surface area contributed by atoms with Crippen molar-refractivity contribution in [3.8, 4) is 11.5 Å². The molecule has 0 spiro atoms. The van der Waals surface area contributed by atoms with Gasteiger partial charge in [0.15, 0.2) is 6.54 Å². The van der Waals surface area contributed by atoms with Gasteiger partial charge in [-0.25, -0.2) is 0 Å². The van der Waals surface area contributed by atoms with Crippen LogP contribution in [0.5, 0.6) is 11.5 Å². The first-order valence-corrected chi connectivity index (χ1v) is 11.4. The van der Waals surface area contributed by atoms with Crippen LogP contribution in [0.3, 0.4) is 0 Å². The number of hydrogen-bond donors (Lipinski definition) is 2. The Balaban J connectivity index is 1.28. The molecule has 0 aromatic heterocycles. The van der Waals surface area contributed by atoms with E-state index in [9.17, 15) is 4.79 Å². The van der Waals surface area contributed by atoms with Gasteiger partial charge < -0.3 is 19.7 Å². The van der Waals surface area contributed by atoms with Crippen molar-refractivity contribution in [3.63, 3.8) is 0 Å². The number of hydrogen-bond acceptors (Lipinski definition) is 3. The van der Waals surface area contributed by atoms with Crippen LogP contribution in [-0.2, 0) is 4.79 Å². The minimum absolute atomic E-state index is 0.105. The first kappa shape index (κ1) is 19.2. The van der Waals surface area contributed by atoms with Crippen molar-refractivity contribution >= 4 is 5.91 Å². The number of carbonyl (C=O) groups is 1. The van der Waals surface area contributed by atoms with Crippen LogP contribution in [0, 0.1) is 17.8 Å². The molecule has 4 aliphatic carbocycles. The van der Waals surface area contributed by atoms with Crippen LogP contribution < -0.4 is 19.7 Å². The van der Waals surface area contributed by atoms with Gasteiger partial charge in [-0.1, -0.05) is 0 Å². The van der Waals surface area contributed by atoms with E-state index in [1.54, 1.807) is 14.2 Å². The molecule has 29 heavy (non-hydrogen) atoms. The van der Waals surface area contributed by atoms with E-state index in [0.29, 0.717) is 12.6 Å². The summed E-state index contributed by atoms with van der Waals surface area (Å²) in [6.45, 7) is 1.60. The van der Waals surface area contributed by atoms with Crippen LogP contribution in [0.1, 0.15) is 63.0 Å². The summed E-state index contributed by atoms with van der Waals surface area (Å²) in [7, 11) is 3.42. The monoisotopic (exact) mass is 399 g/mol. The van der Waals surface area contributed by atoms with Crippen molar-refractivity contribution in [2.75, 3.05) is 27.3 Å². The largest absolute Gasteiger partial charge is 0.497 e. The SMILES string of the molecule is COc1ccc(OC)c([C@@H]2CCC[NH+]2CC(=O)NC23CC4CC(CC(C4)C2)C3)c1. The lowest BCUT2D eigenvalue weighted by Gasteiger charge is -2.56. The van der Waals surface area contributed by atoms with Gasteiger partial charge in [-0.05, 0) is 74.5 Å². The van der Waals surface area contributed by atoms with Gasteiger partial charge in [0.2, 0.25) is 0 Å². The van der Waals surface area contributed by atoms with Gasteiger partial charge in [-0.3, -0.25) is 4.79 Å². The standard InChI is InChI=1S/C24H34N2O3/c1-28-19-5-6-22(29-2)20(11-19)21-4-3-7-26(21)15-23(27)25-24-12-16-8-17(13-24)10-18(9-16)14-24/h5-6,11,16-18,21H,3-4,7-10,12-15H2,1-2H3,(H,25,27)/p+1/t16?,17?,18?,21-,24?/m0/s1. The van der Waals surface area contributed by atoms with E-state index in [4.69, 9.17) is 9.47 Å². The second kappa shape index (κ2) is 7.50. The first-order chi connectivity index (χ1) is 14.1. The number of amides is 1. The fourth-order valence-corrected chi connectivity index (χ4v) is 7.42. The molecule has 1 heterocycles. The van der Waals surface area contributed by atoms with Gasteiger partial charge in [0.05, 0.1) is 26.3 Å². The highest BCUT2D eigenvalue weighted by atomic mass is 16.5. The molecule has 5 aliphatic rings. The Hall–Kier alpha value is -1.75. The van der Waals surface area contributed by atoms with Crippen molar-refractivity contribution in [3.05, 3.63) is 23.8 Å². The maximum absolute atomic E-state index is 13.2. The molecule has 5 fully saturated rings. The second-order valence-corrected chi connectivity index (χ2v) is 10.1. The average molecular weight is 400 g/mol. The molecule has 1 aromatic carbocycles. The van der Waals surface area contributed by atoms with E-state index in [0.717, 1.165) is 48.6 Å². The van der Waals surface area contributed by atoms with Crippen LogP contribution in [0.4, 0.5) is 0 Å². The Morgan fingerprint density at radius 1 is 1.10 bits per heavy atom. The summed E-state index contributed by atoms with van der Waals surface area (Å²) in [5.74, 6) is 4.57. The van der Waals surface area contributed by atoms with Crippen molar-refractivity contribution in [1.82, 2.24) is 5.32 Å². The average Bonchev–Trinajstić information content (AvgIpc) is 3.13. The Morgan fingerprint density at radius 2 is 1.79 bits per heavy atom. The minimum Gasteiger partial charge on any atom is -0.497 e. The highest BCUT2D eigenvalue weighted by Gasteiger charge is 2.51. The molecule has 158 valence electrons. The molecule has 1 saturated heterocycles. The van der Waals surface area contributed by atoms with Gasteiger partial charge >= 0.3 is 0 Å².